The van der Waals surface area contributed by atoms with Crippen molar-refractivity contribution in [1.29, 1.82) is 0 Å². The van der Waals surface area contributed by atoms with Gasteiger partial charge in [0.05, 0.1) is 18.1 Å². The highest BCUT2D eigenvalue weighted by Crippen LogP contribution is 2.27. The third-order valence-electron chi connectivity index (χ3n) is 3.74. The summed E-state index contributed by atoms with van der Waals surface area (Å²) in [6, 6.07) is 5.12. The molecule has 0 aromatic heterocycles. The molecule has 0 saturated heterocycles. The monoisotopic (exact) mass is 350 g/mol. The van der Waals surface area contributed by atoms with Gasteiger partial charge in [-0.05, 0) is 38.5 Å². The van der Waals surface area contributed by atoms with E-state index >= 15 is 0 Å². The first-order valence-corrected chi connectivity index (χ1v) is 7.96. The number of nitrogens with one attached hydrogen (secondary N) is 2. The van der Waals surface area contributed by atoms with Crippen LogP contribution in [0.3, 0.4) is 0 Å². The van der Waals surface area contributed by atoms with Gasteiger partial charge in [-0.15, -0.1) is 0 Å². The molecule has 7 heteroatoms. The number of esters is 1. The lowest BCUT2D eigenvalue weighted by molar-refractivity contribution is -0.141. The van der Waals surface area contributed by atoms with Gasteiger partial charge in [0.15, 0.2) is 0 Å². The third kappa shape index (κ3) is 3.94. The zero-order valence-electron chi connectivity index (χ0n) is 13.7. The fraction of sp³-hybridized carbons (Fsp3) is 0.353. The van der Waals surface area contributed by atoms with Crippen molar-refractivity contribution in [2.75, 3.05) is 11.9 Å². The van der Waals surface area contributed by atoms with Gasteiger partial charge in [-0.2, -0.15) is 0 Å². The second-order valence-corrected chi connectivity index (χ2v) is 5.95. The normalized spacial score (nSPS) is 17.3. The topological polar surface area (TPSA) is 84.5 Å². The summed E-state index contributed by atoms with van der Waals surface area (Å²) in [4.78, 5) is 36.6. The molecule has 1 aromatic rings. The lowest BCUT2D eigenvalue weighted by atomic mass is 9.89. The summed E-state index contributed by atoms with van der Waals surface area (Å²) in [6.07, 6.45) is -0.114. The summed E-state index contributed by atoms with van der Waals surface area (Å²) in [7, 11) is 0. The summed E-state index contributed by atoms with van der Waals surface area (Å²) >= 11 is 5.95. The van der Waals surface area contributed by atoms with Gasteiger partial charge in [-0.1, -0.05) is 17.7 Å². The SMILES string of the molecule is CCOC(=O)C1=C(C)NC(=O)CC1C(=O)Nc1cc(Cl)ccc1C. The molecule has 1 aliphatic rings. The zero-order chi connectivity index (χ0) is 17.9. The predicted octanol–water partition coefficient (Wildman–Crippen LogP) is 2.56. The molecule has 6 nitrogen and oxygen atoms in total. The average molecular weight is 351 g/mol. The molecule has 128 valence electrons. The van der Waals surface area contributed by atoms with Crippen molar-refractivity contribution >= 4 is 35.1 Å². The van der Waals surface area contributed by atoms with E-state index in [0.29, 0.717) is 16.4 Å². The number of hydrogen-bond acceptors (Lipinski definition) is 4. The highest BCUT2D eigenvalue weighted by atomic mass is 35.5. The number of halogens is 1. The van der Waals surface area contributed by atoms with Gasteiger partial charge in [0.25, 0.3) is 0 Å². The van der Waals surface area contributed by atoms with Crippen LogP contribution in [0, 0.1) is 12.8 Å². The first-order chi connectivity index (χ1) is 11.3. The van der Waals surface area contributed by atoms with E-state index in [1.807, 2.05) is 6.92 Å². The highest BCUT2D eigenvalue weighted by Gasteiger charge is 2.36. The number of amides is 2. The fourth-order valence-corrected chi connectivity index (χ4v) is 2.73. The van der Waals surface area contributed by atoms with E-state index in [4.69, 9.17) is 16.3 Å². The van der Waals surface area contributed by atoms with Crippen molar-refractivity contribution in [3.8, 4) is 0 Å². The molecule has 0 spiro atoms. The van der Waals surface area contributed by atoms with Gasteiger partial charge in [-0.3, -0.25) is 9.59 Å². The quantitative estimate of drug-likeness (QED) is 0.817. The van der Waals surface area contributed by atoms with Crippen molar-refractivity contribution in [2.45, 2.75) is 27.2 Å². The molecule has 0 saturated carbocycles. The number of rotatable bonds is 4. The number of carbonyl (C=O) groups is 3. The Bertz CT molecular complexity index is 727. The maximum Gasteiger partial charge on any atom is 0.336 e. The predicted molar refractivity (Wildman–Crippen MR) is 90.4 cm³/mol. The summed E-state index contributed by atoms with van der Waals surface area (Å²) in [5.41, 5.74) is 1.88. The molecule has 0 aliphatic carbocycles. The number of allylic oxidation sites excluding steroid dienone is 1. The van der Waals surface area contributed by atoms with Crippen molar-refractivity contribution in [1.82, 2.24) is 5.32 Å². The van der Waals surface area contributed by atoms with Crippen LogP contribution >= 0.6 is 11.6 Å². The van der Waals surface area contributed by atoms with E-state index in [0.717, 1.165) is 5.56 Å². The Morgan fingerprint density at radius 1 is 1.38 bits per heavy atom. The smallest absolute Gasteiger partial charge is 0.336 e. The van der Waals surface area contributed by atoms with Crippen LogP contribution in [0.25, 0.3) is 0 Å². The zero-order valence-corrected chi connectivity index (χ0v) is 14.5. The van der Waals surface area contributed by atoms with Gasteiger partial charge in [0.1, 0.15) is 0 Å². The minimum absolute atomic E-state index is 0.114. The Morgan fingerprint density at radius 3 is 2.75 bits per heavy atom. The molecule has 1 atom stereocenters. The van der Waals surface area contributed by atoms with E-state index in [-0.39, 0.29) is 24.5 Å². The molecule has 2 rings (SSSR count). The Labute approximate surface area is 145 Å². The second kappa shape index (κ2) is 7.49. The second-order valence-electron chi connectivity index (χ2n) is 5.51. The van der Waals surface area contributed by atoms with Gasteiger partial charge in [0, 0.05) is 22.8 Å². The first kappa shape index (κ1) is 18.0. The number of benzene rings is 1. The van der Waals surface area contributed by atoms with Crippen LogP contribution in [0.2, 0.25) is 5.02 Å². The van der Waals surface area contributed by atoms with E-state index in [1.165, 1.54) is 0 Å². The van der Waals surface area contributed by atoms with Crippen LogP contribution in [-0.4, -0.2) is 24.4 Å². The molecule has 1 heterocycles. The van der Waals surface area contributed by atoms with Crippen molar-refractivity contribution < 1.29 is 19.1 Å². The molecule has 1 unspecified atom stereocenters. The van der Waals surface area contributed by atoms with Gasteiger partial charge in [0.2, 0.25) is 11.8 Å². The lowest BCUT2D eigenvalue weighted by Gasteiger charge is -2.25. The molecule has 0 radical (unpaired) electrons. The molecule has 24 heavy (non-hydrogen) atoms. The molecule has 2 amide bonds. The molecular formula is C17H19ClN2O4. The minimum Gasteiger partial charge on any atom is -0.463 e. The summed E-state index contributed by atoms with van der Waals surface area (Å²) in [6.45, 7) is 5.27. The summed E-state index contributed by atoms with van der Waals surface area (Å²) in [5.74, 6) is -2.27. The van der Waals surface area contributed by atoms with Gasteiger partial charge >= 0.3 is 5.97 Å². The Hall–Kier alpha value is -2.34. The fourth-order valence-electron chi connectivity index (χ4n) is 2.55. The van der Waals surface area contributed by atoms with E-state index in [1.54, 1.807) is 32.0 Å². The molecule has 1 aliphatic heterocycles. The van der Waals surface area contributed by atoms with E-state index in [2.05, 4.69) is 10.6 Å². The Balaban J connectivity index is 2.31. The number of aryl methyl sites for hydroxylation is 1. The lowest BCUT2D eigenvalue weighted by Crippen LogP contribution is -2.40. The van der Waals surface area contributed by atoms with Crippen LogP contribution in [0.1, 0.15) is 25.8 Å². The first-order valence-electron chi connectivity index (χ1n) is 7.58. The van der Waals surface area contributed by atoms with Crippen LogP contribution in [0.4, 0.5) is 5.69 Å². The van der Waals surface area contributed by atoms with Crippen LogP contribution in [-0.2, 0) is 19.1 Å². The number of anilines is 1. The van der Waals surface area contributed by atoms with Gasteiger partial charge in [-0.25, -0.2) is 4.79 Å². The van der Waals surface area contributed by atoms with E-state index < -0.39 is 17.8 Å². The highest BCUT2D eigenvalue weighted by molar-refractivity contribution is 6.31. The molecule has 0 bridgehead atoms. The minimum atomic E-state index is -0.906. The molecule has 1 aromatic carbocycles. The van der Waals surface area contributed by atoms with Crippen LogP contribution < -0.4 is 10.6 Å². The number of carbonyl (C=O) groups excluding carboxylic acids is 3. The largest absolute Gasteiger partial charge is 0.463 e. The standard InChI is InChI=1S/C17H19ClN2O4/c1-4-24-17(23)15-10(3)19-14(21)8-12(15)16(22)20-13-7-11(18)6-5-9(13)2/h5-7,12H,4,8H2,1-3H3,(H,19,21)(H,20,22). The Morgan fingerprint density at radius 2 is 2.08 bits per heavy atom. The summed E-state index contributed by atoms with van der Waals surface area (Å²) < 4.78 is 5.01. The third-order valence-corrected chi connectivity index (χ3v) is 3.97. The average Bonchev–Trinajstić information content (AvgIpc) is 2.50. The summed E-state index contributed by atoms with van der Waals surface area (Å²) in [5, 5.41) is 5.80. The van der Waals surface area contributed by atoms with Gasteiger partial charge < -0.3 is 15.4 Å². The van der Waals surface area contributed by atoms with E-state index in [9.17, 15) is 14.4 Å². The van der Waals surface area contributed by atoms with Crippen molar-refractivity contribution in [3.63, 3.8) is 0 Å². The number of ether oxygens (including phenoxy) is 1. The molecule has 2 N–H and O–H groups in total. The van der Waals surface area contributed by atoms with Crippen LogP contribution in [0.15, 0.2) is 29.5 Å². The van der Waals surface area contributed by atoms with Crippen molar-refractivity contribution in [2.24, 2.45) is 5.92 Å². The number of hydrogen-bond donors (Lipinski definition) is 2. The van der Waals surface area contributed by atoms with Crippen LogP contribution in [0.5, 0.6) is 0 Å². The van der Waals surface area contributed by atoms with Crippen molar-refractivity contribution in [3.05, 3.63) is 40.1 Å². The Kier molecular flexibility index (Phi) is 5.62. The maximum atomic E-state index is 12.7. The maximum absolute atomic E-state index is 12.7. The molecular weight excluding hydrogens is 332 g/mol. The molecule has 0 fully saturated rings.